The molecule has 4 rings (SSSR count). The third-order valence-corrected chi connectivity index (χ3v) is 5.01. The second-order valence-electron chi connectivity index (χ2n) is 6.69. The highest BCUT2D eigenvalue weighted by Crippen LogP contribution is 2.23. The van der Waals surface area contributed by atoms with Gasteiger partial charge in [0, 0.05) is 32.2 Å². The second-order valence-corrected chi connectivity index (χ2v) is 6.69. The number of para-hydroxylation sites is 1. The molecule has 1 N–H and O–H groups in total. The SMILES string of the molecule is Fc1ccccc1N1CCN(c2nncc(NC3CCCC3)n2)CC1. The van der Waals surface area contributed by atoms with Crippen LogP contribution >= 0.6 is 0 Å². The van der Waals surface area contributed by atoms with Crippen LogP contribution in [0.2, 0.25) is 0 Å². The minimum absolute atomic E-state index is 0.170. The molecule has 132 valence electrons. The van der Waals surface area contributed by atoms with Crippen molar-refractivity contribution >= 4 is 17.5 Å². The van der Waals surface area contributed by atoms with E-state index in [9.17, 15) is 4.39 Å². The van der Waals surface area contributed by atoms with E-state index in [0.717, 1.165) is 32.0 Å². The van der Waals surface area contributed by atoms with Crippen LogP contribution < -0.4 is 15.1 Å². The van der Waals surface area contributed by atoms with Crippen molar-refractivity contribution in [3.63, 3.8) is 0 Å². The summed E-state index contributed by atoms with van der Waals surface area (Å²) in [4.78, 5) is 8.81. The van der Waals surface area contributed by atoms with Crippen molar-refractivity contribution in [3.8, 4) is 0 Å². The smallest absolute Gasteiger partial charge is 0.247 e. The Morgan fingerprint density at radius 3 is 2.48 bits per heavy atom. The van der Waals surface area contributed by atoms with Crippen LogP contribution in [0.4, 0.5) is 21.8 Å². The van der Waals surface area contributed by atoms with E-state index in [1.807, 2.05) is 12.1 Å². The Hall–Kier alpha value is -2.44. The molecule has 0 radical (unpaired) electrons. The van der Waals surface area contributed by atoms with Crippen molar-refractivity contribution in [2.75, 3.05) is 41.3 Å². The average molecular weight is 342 g/mol. The number of halogens is 1. The Morgan fingerprint density at radius 1 is 1.00 bits per heavy atom. The number of nitrogens with one attached hydrogen (secondary N) is 1. The highest BCUT2D eigenvalue weighted by molar-refractivity contribution is 5.50. The first-order chi connectivity index (χ1) is 12.3. The first kappa shape index (κ1) is 16.1. The Bertz CT molecular complexity index is 710. The zero-order valence-electron chi connectivity index (χ0n) is 14.2. The third-order valence-electron chi connectivity index (χ3n) is 5.01. The lowest BCUT2D eigenvalue weighted by Crippen LogP contribution is -2.47. The predicted molar refractivity (Wildman–Crippen MR) is 96.5 cm³/mol. The molecule has 7 heteroatoms. The molecule has 0 amide bonds. The molecule has 6 nitrogen and oxygen atoms in total. The fraction of sp³-hybridized carbons (Fsp3) is 0.500. The molecule has 2 heterocycles. The number of benzene rings is 1. The fourth-order valence-electron chi connectivity index (χ4n) is 3.63. The van der Waals surface area contributed by atoms with Gasteiger partial charge in [0.05, 0.1) is 11.9 Å². The summed E-state index contributed by atoms with van der Waals surface area (Å²) >= 11 is 0. The van der Waals surface area contributed by atoms with Crippen molar-refractivity contribution in [2.45, 2.75) is 31.7 Å². The second kappa shape index (κ2) is 7.21. The molecule has 0 bridgehead atoms. The van der Waals surface area contributed by atoms with Gasteiger partial charge < -0.3 is 15.1 Å². The molecule has 1 aromatic carbocycles. The lowest BCUT2D eigenvalue weighted by molar-refractivity contribution is 0.592. The molecule has 0 unspecified atom stereocenters. The van der Waals surface area contributed by atoms with Crippen LogP contribution in [-0.2, 0) is 0 Å². The van der Waals surface area contributed by atoms with E-state index in [2.05, 4.69) is 30.3 Å². The molecule has 0 spiro atoms. The number of nitrogens with zero attached hydrogens (tertiary/aromatic N) is 5. The molecule has 2 fully saturated rings. The van der Waals surface area contributed by atoms with Gasteiger partial charge in [0.2, 0.25) is 5.95 Å². The summed E-state index contributed by atoms with van der Waals surface area (Å²) < 4.78 is 13.9. The van der Waals surface area contributed by atoms with Crippen LogP contribution in [0.3, 0.4) is 0 Å². The zero-order valence-corrected chi connectivity index (χ0v) is 14.2. The molecular weight excluding hydrogens is 319 g/mol. The largest absolute Gasteiger partial charge is 0.366 e. The first-order valence-electron chi connectivity index (χ1n) is 9.00. The summed E-state index contributed by atoms with van der Waals surface area (Å²) in [6.07, 6.45) is 6.64. The normalized spacial score (nSPS) is 18.6. The lowest BCUT2D eigenvalue weighted by atomic mass is 10.2. The number of anilines is 3. The van der Waals surface area contributed by atoms with E-state index >= 15 is 0 Å². The number of rotatable bonds is 4. The Labute approximate surface area is 147 Å². The quantitative estimate of drug-likeness (QED) is 0.922. The van der Waals surface area contributed by atoms with E-state index in [4.69, 9.17) is 0 Å². The number of aromatic nitrogens is 3. The molecule has 1 aromatic heterocycles. The summed E-state index contributed by atoms with van der Waals surface area (Å²) in [6.45, 7) is 2.99. The van der Waals surface area contributed by atoms with Gasteiger partial charge in [-0.3, -0.25) is 0 Å². The van der Waals surface area contributed by atoms with Gasteiger partial charge in [-0.05, 0) is 25.0 Å². The van der Waals surface area contributed by atoms with Gasteiger partial charge in [0.25, 0.3) is 0 Å². The van der Waals surface area contributed by atoms with Crippen molar-refractivity contribution in [1.29, 1.82) is 0 Å². The van der Waals surface area contributed by atoms with Crippen molar-refractivity contribution in [3.05, 3.63) is 36.3 Å². The zero-order chi connectivity index (χ0) is 17.1. The predicted octanol–water partition coefficient (Wildman–Crippen LogP) is 2.69. The van der Waals surface area contributed by atoms with Crippen LogP contribution in [0.25, 0.3) is 0 Å². The highest BCUT2D eigenvalue weighted by atomic mass is 19.1. The lowest BCUT2D eigenvalue weighted by Gasteiger charge is -2.36. The van der Waals surface area contributed by atoms with E-state index in [1.165, 1.54) is 31.7 Å². The van der Waals surface area contributed by atoms with Gasteiger partial charge >= 0.3 is 0 Å². The number of hydrogen-bond donors (Lipinski definition) is 1. The van der Waals surface area contributed by atoms with Gasteiger partial charge in [-0.25, -0.2) is 4.39 Å². The molecule has 2 aromatic rings. The van der Waals surface area contributed by atoms with Crippen LogP contribution in [-0.4, -0.2) is 47.4 Å². The minimum atomic E-state index is -0.170. The molecule has 1 aliphatic carbocycles. The summed E-state index contributed by atoms with van der Waals surface area (Å²) in [7, 11) is 0. The Morgan fingerprint density at radius 2 is 1.72 bits per heavy atom. The van der Waals surface area contributed by atoms with E-state index in [1.54, 1.807) is 12.3 Å². The van der Waals surface area contributed by atoms with Crippen LogP contribution in [0, 0.1) is 5.82 Å². The Kier molecular flexibility index (Phi) is 4.63. The molecule has 0 atom stereocenters. The van der Waals surface area contributed by atoms with Crippen LogP contribution in [0.5, 0.6) is 0 Å². The molecule has 1 saturated heterocycles. The average Bonchev–Trinajstić information content (AvgIpc) is 3.16. The Balaban J connectivity index is 1.39. The monoisotopic (exact) mass is 342 g/mol. The van der Waals surface area contributed by atoms with Crippen molar-refractivity contribution in [1.82, 2.24) is 15.2 Å². The van der Waals surface area contributed by atoms with Crippen molar-refractivity contribution < 1.29 is 4.39 Å². The minimum Gasteiger partial charge on any atom is -0.366 e. The van der Waals surface area contributed by atoms with E-state index < -0.39 is 0 Å². The maximum absolute atomic E-state index is 13.9. The summed E-state index contributed by atoms with van der Waals surface area (Å²) in [5.74, 6) is 1.28. The van der Waals surface area contributed by atoms with Crippen molar-refractivity contribution in [2.24, 2.45) is 0 Å². The van der Waals surface area contributed by atoms with Crippen LogP contribution in [0.15, 0.2) is 30.5 Å². The molecule has 1 saturated carbocycles. The van der Waals surface area contributed by atoms with Crippen LogP contribution in [0.1, 0.15) is 25.7 Å². The number of hydrogen-bond acceptors (Lipinski definition) is 6. The third kappa shape index (κ3) is 3.65. The molecule has 2 aliphatic rings. The fourth-order valence-corrected chi connectivity index (χ4v) is 3.63. The maximum atomic E-state index is 13.9. The van der Waals surface area contributed by atoms with Gasteiger partial charge in [-0.2, -0.15) is 10.1 Å². The summed E-state index contributed by atoms with van der Waals surface area (Å²) in [6, 6.07) is 7.43. The summed E-state index contributed by atoms with van der Waals surface area (Å²) in [5, 5.41) is 11.8. The van der Waals surface area contributed by atoms with Gasteiger partial charge in [0.1, 0.15) is 5.82 Å². The molecule has 1 aliphatic heterocycles. The summed E-state index contributed by atoms with van der Waals surface area (Å²) in [5.41, 5.74) is 0.665. The van der Waals surface area contributed by atoms with E-state index in [-0.39, 0.29) is 5.82 Å². The maximum Gasteiger partial charge on any atom is 0.247 e. The van der Waals surface area contributed by atoms with E-state index in [0.29, 0.717) is 17.7 Å². The highest BCUT2D eigenvalue weighted by Gasteiger charge is 2.22. The number of piperazine rings is 1. The molecule has 25 heavy (non-hydrogen) atoms. The first-order valence-corrected chi connectivity index (χ1v) is 9.00. The molecular formula is C18H23FN6. The van der Waals surface area contributed by atoms with Gasteiger partial charge in [-0.1, -0.05) is 25.0 Å². The van der Waals surface area contributed by atoms with Gasteiger partial charge in [0.15, 0.2) is 5.82 Å². The standard InChI is InChI=1S/C18H23FN6/c19-15-7-3-4-8-16(15)24-9-11-25(12-10-24)18-22-17(13-20-23-18)21-14-5-1-2-6-14/h3-4,7-8,13-14H,1-2,5-6,9-12H2,(H,21,22,23). The van der Waals surface area contributed by atoms with Gasteiger partial charge in [-0.15, -0.1) is 5.10 Å². The topological polar surface area (TPSA) is 57.2 Å².